The number of benzene rings is 2. The lowest BCUT2D eigenvalue weighted by Crippen LogP contribution is -2.43. The zero-order valence-corrected chi connectivity index (χ0v) is 16.3. The van der Waals surface area contributed by atoms with Crippen LogP contribution in [0.15, 0.2) is 42.5 Å². The molecule has 5 N–H and O–H groups in total. The minimum absolute atomic E-state index is 0.150. The van der Waals surface area contributed by atoms with E-state index in [4.69, 9.17) is 11.1 Å². The number of anilines is 3. The van der Waals surface area contributed by atoms with E-state index in [2.05, 4.69) is 15.5 Å². The summed E-state index contributed by atoms with van der Waals surface area (Å²) in [7, 11) is 0. The molecule has 0 saturated carbocycles. The minimum atomic E-state index is -0.150. The maximum atomic E-state index is 11.2. The van der Waals surface area contributed by atoms with Gasteiger partial charge in [-0.3, -0.25) is 10.2 Å². The number of piperazine rings is 1. The fourth-order valence-electron chi connectivity index (χ4n) is 2.97. The van der Waals surface area contributed by atoms with Crippen LogP contribution in [0.4, 0.5) is 17.1 Å². The molecule has 1 amide bonds. The quantitative estimate of drug-likeness (QED) is 0.493. The van der Waals surface area contributed by atoms with Gasteiger partial charge >= 0.3 is 0 Å². The summed E-state index contributed by atoms with van der Waals surface area (Å²) in [6.07, 6.45) is 0. The molecular weight excluding hydrogens is 338 g/mol. The van der Waals surface area contributed by atoms with E-state index in [-0.39, 0.29) is 5.91 Å². The molecule has 1 aliphatic heterocycles. The standard InChI is InChI=1S/C19H23N5O.C2H6/c1-13(25)23-15-4-7-18(20)17(12-15)19(21)14-2-5-16(6-3-14)24-10-8-22-9-11-24;1-2/h2-7,12,21-22H,8-11,20H2,1H3,(H,23,25);1-2H3. The van der Waals surface area contributed by atoms with Gasteiger partial charge in [-0.2, -0.15) is 0 Å². The molecule has 2 aromatic rings. The van der Waals surface area contributed by atoms with E-state index in [1.807, 2.05) is 38.1 Å². The third-order valence-corrected chi connectivity index (χ3v) is 4.28. The van der Waals surface area contributed by atoms with Crippen LogP contribution in [0.3, 0.4) is 0 Å². The second-order valence-corrected chi connectivity index (χ2v) is 6.14. The van der Waals surface area contributed by atoms with Crippen molar-refractivity contribution in [2.24, 2.45) is 0 Å². The van der Waals surface area contributed by atoms with Crippen LogP contribution in [0, 0.1) is 5.41 Å². The Kier molecular flexibility index (Phi) is 7.37. The monoisotopic (exact) mass is 367 g/mol. The molecule has 0 aliphatic carbocycles. The van der Waals surface area contributed by atoms with Crippen molar-refractivity contribution in [1.29, 1.82) is 5.41 Å². The van der Waals surface area contributed by atoms with Crippen molar-refractivity contribution in [2.45, 2.75) is 20.8 Å². The van der Waals surface area contributed by atoms with Crippen LogP contribution in [0.25, 0.3) is 0 Å². The molecule has 0 spiro atoms. The molecule has 0 bridgehead atoms. The first-order valence-corrected chi connectivity index (χ1v) is 9.37. The molecule has 1 fully saturated rings. The van der Waals surface area contributed by atoms with Crippen LogP contribution in [-0.2, 0) is 4.79 Å². The lowest BCUT2D eigenvalue weighted by molar-refractivity contribution is -0.114. The highest BCUT2D eigenvalue weighted by atomic mass is 16.1. The topological polar surface area (TPSA) is 94.2 Å². The molecule has 1 saturated heterocycles. The summed E-state index contributed by atoms with van der Waals surface area (Å²) in [6, 6.07) is 13.2. The van der Waals surface area contributed by atoms with Crippen LogP contribution in [0.1, 0.15) is 31.9 Å². The van der Waals surface area contributed by atoms with Crippen molar-refractivity contribution >= 4 is 28.7 Å². The van der Waals surface area contributed by atoms with Gasteiger partial charge in [0.2, 0.25) is 5.91 Å². The Morgan fingerprint density at radius 2 is 1.74 bits per heavy atom. The van der Waals surface area contributed by atoms with E-state index >= 15 is 0 Å². The fraction of sp³-hybridized carbons (Fsp3) is 0.333. The van der Waals surface area contributed by atoms with Crippen molar-refractivity contribution < 1.29 is 4.79 Å². The third kappa shape index (κ3) is 5.31. The zero-order valence-electron chi connectivity index (χ0n) is 16.3. The molecule has 3 rings (SSSR count). The van der Waals surface area contributed by atoms with Crippen LogP contribution < -0.4 is 21.3 Å². The lowest BCUT2D eigenvalue weighted by Gasteiger charge is -2.29. The summed E-state index contributed by atoms with van der Waals surface area (Å²) in [5, 5.41) is 14.6. The van der Waals surface area contributed by atoms with Gasteiger partial charge in [0.05, 0.1) is 5.71 Å². The summed E-state index contributed by atoms with van der Waals surface area (Å²) < 4.78 is 0. The maximum Gasteiger partial charge on any atom is 0.221 e. The van der Waals surface area contributed by atoms with E-state index in [9.17, 15) is 4.79 Å². The molecule has 0 radical (unpaired) electrons. The number of nitrogen functional groups attached to an aromatic ring is 1. The third-order valence-electron chi connectivity index (χ3n) is 4.28. The average molecular weight is 367 g/mol. The number of rotatable bonds is 4. The molecular formula is C21H29N5O. The first kappa shape index (κ1) is 20.5. The Morgan fingerprint density at radius 3 is 2.33 bits per heavy atom. The molecule has 27 heavy (non-hydrogen) atoms. The first-order valence-electron chi connectivity index (χ1n) is 9.37. The highest BCUT2D eigenvalue weighted by molar-refractivity contribution is 6.14. The summed E-state index contributed by atoms with van der Waals surface area (Å²) >= 11 is 0. The number of nitrogens with zero attached hydrogens (tertiary/aromatic N) is 1. The van der Waals surface area contributed by atoms with Gasteiger partial charge in [0, 0.05) is 61.3 Å². The summed E-state index contributed by atoms with van der Waals surface area (Å²) in [5.74, 6) is -0.150. The lowest BCUT2D eigenvalue weighted by atomic mass is 10.00. The number of carbonyl (C=O) groups excluding carboxylic acids is 1. The largest absolute Gasteiger partial charge is 0.398 e. The SMILES string of the molecule is CC.CC(=O)Nc1ccc(N)c(C(=N)c2ccc(N3CCNCC3)cc2)c1. The molecule has 1 aliphatic rings. The predicted octanol–water partition coefficient (Wildman–Crippen LogP) is 3.08. The molecule has 0 aromatic heterocycles. The van der Waals surface area contributed by atoms with Crippen LogP contribution in [0.2, 0.25) is 0 Å². The van der Waals surface area contributed by atoms with E-state index in [0.717, 1.165) is 37.4 Å². The number of hydrogen-bond acceptors (Lipinski definition) is 5. The number of nitrogens with one attached hydrogen (secondary N) is 3. The Hall–Kier alpha value is -2.86. The molecule has 144 valence electrons. The number of amides is 1. The van der Waals surface area contributed by atoms with E-state index < -0.39 is 0 Å². The van der Waals surface area contributed by atoms with Gasteiger partial charge in [-0.15, -0.1) is 0 Å². The molecule has 2 aromatic carbocycles. The van der Waals surface area contributed by atoms with Gasteiger partial charge in [-0.05, 0) is 30.3 Å². The van der Waals surface area contributed by atoms with Crippen LogP contribution >= 0.6 is 0 Å². The highest BCUT2D eigenvalue weighted by Crippen LogP contribution is 2.23. The van der Waals surface area contributed by atoms with Crippen LogP contribution in [0.5, 0.6) is 0 Å². The van der Waals surface area contributed by atoms with E-state index in [1.54, 1.807) is 18.2 Å². The number of hydrogen-bond donors (Lipinski definition) is 4. The second-order valence-electron chi connectivity index (χ2n) is 6.14. The maximum absolute atomic E-state index is 11.2. The number of carbonyl (C=O) groups is 1. The average Bonchev–Trinajstić information content (AvgIpc) is 2.71. The minimum Gasteiger partial charge on any atom is -0.398 e. The van der Waals surface area contributed by atoms with Crippen molar-refractivity contribution in [3.63, 3.8) is 0 Å². The van der Waals surface area contributed by atoms with Gasteiger partial charge in [0.25, 0.3) is 0 Å². The van der Waals surface area contributed by atoms with E-state index in [1.165, 1.54) is 6.92 Å². The normalized spacial score (nSPS) is 13.4. The van der Waals surface area contributed by atoms with Gasteiger partial charge in [0.1, 0.15) is 0 Å². The van der Waals surface area contributed by atoms with Gasteiger partial charge in [-0.1, -0.05) is 26.0 Å². The molecule has 6 heteroatoms. The van der Waals surface area contributed by atoms with Crippen LogP contribution in [-0.4, -0.2) is 37.8 Å². The molecule has 0 atom stereocenters. The highest BCUT2D eigenvalue weighted by Gasteiger charge is 2.13. The smallest absolute Gasteiger partial charge is 0.221 e. The van der Waals surface area contributed by atoms with Crippen molar-refractivity contribution in [2.75, 3.05) is 42.1 Å². The molecule has 1 heterocycles. The Morgan fingerprint density at radius 1 is 1.11 bits per heavy atom. The Bertz CT molecular complexity index is 780. The fourth-order valence-corrected chi connectivity index (χ4v) is 2.97. The van der Waals surface area contributed by atoms with E-state index in [0.29, 0.717) is 22.6 Å². The molecule has 0 unspecified atom stereocenters. The second kappa shape index (κ2) is 9.73. The van der Waals surface area contributed by atoms with Gasteiger partial charge < -0.3 is 21.3 Å². The van der Waals surface area contributed by atoms with Crippen molar-refractivity contribution in [3.05, 3.63) is 53.6 Å². The summed E-state index contributed by atoms with van der Waals surface area (Å²) in [5.41, 5.74) is 10.1. The van der Waals surface area contributed by atoms with Gasteiger partial charge in [0.15, 0.2) is 0 Å². The Labute approximate surface area is 161 Å². The van der Waals surface area contributed by atoms with Crippen molar-refractivity contribution in [3.8, 4) is 0 Å². The number of nitrogens with two attached hydrogens (primary N) is 1. The summed E-state index contributed by atoms with van der Waals surface area (Å²) in [6.45, 7) is 9.41. The zero-order chi connectivity index (χ0) is 19.8. The Balaban J connectivity index is 0.00000126. The van der Waals surface area contributed by atoms with Crippen molar-refractivity contribution in [1.82, 2.24) is 5.32 Å². The summed E-state index contributed by atoms with van der Waals surface area (Å²) in [4.78, 5) is 13.6. The first-order chi connectivity index (χ1) is 13.0. The van der Waals surface area contributed by atoms with Gasteiger partial charge in [-0.25, -0.2) is 0 Å². The predicted molar refractivity (Wildman–Crippen MR) is 114 cm³/mol. The molecule has 6 nitrogen and oxygen atoms in total.